The van der Waals surface area contributed by atoms with Crippen LogP contribution >= 0.6 is 11.3 Å². The van der Waals surface area contributed by atoms with Gasteiger partial charge in [-0.2, -0.15) is 4.98 Å². The summed E-state index contributed by atoms with van der Waals surface area (Å²) in [6.07, 6.45) is 3.42. The molecule has 1 unspecified atom stereocenters. The Morgan fingerprint density at radius 3 is 3.00 bits per heavy atom. The third kappa shape index (κ3) is 2.77. The molecular formula is C15H16FN3OS. The van der Waals surface area contributed by atoms with Gasteiger partial charge >= 0.3 is 0 Å². The highest BCUT2D eigenvalue weighted by atomic mass is 32.1. The topological polar surface area (TPSA) is 52.5 Å². The van der Waals surface area contributed by atoms with Crippen LogP contribution in [0.15, 0.2) is 35.8 Å². The van der Waals surface area contributed by atoms with E-state index in [2.05, 4.69) is 4.98 Å². The van der Waals surface area contributed by atoms with Gasteiger partial charge < -0.3 is 10.5 Å². The van der Waals surface area contributed by atoms with E-state index in [1.165, 1.54) is 17.4 Å². The van der Waals surface area contributed by atoms with Crippen LogP contribution < -0.4 is 10.5 Å². The smallest absolute Gasteiger partial charge is 0.242 e. The maximum Gasteiger partial charge on any atom is 0.242 e. The minimum Gasteiger partial charge on any atom is -0.434 e. The molecular weight excluding hydrogens is 289 g/mol. The van der Waals surface area contributed by atoms with Crippen molar-refractivity contribution in [3.63, 3.8) is 0 Å². The molecule has 2 aromatic heterocycles. The summed E-state index contributed by atoms with van der Waals surface area (Å²) in [6, 6.07) is 6.33. The number of benzene rings is 1. The largest absolute Gasteiger partial charge is 0.434 e. The first-order valence-corrected chi connectivity index (χ1v) is 7.69. The van der Waals surface area contributed by atoms with Crippen molar-refractivity contribution in [2.75, 3.05) is 0 Å². The van der Waals surface area contributed by atoms with Crippen LogP contribution in [-0.2, 0) is 6.42 Å². The van der Waals surface area contributed by atoms with E-state index in [1.807, 2.05) is 22.9 Å². The zero-order chi connectivity index (χ0) is 14.8. The Labute approximate surface area is 126 Å². The number of halogens is 1. The molecule has 2 heterocycles. The zero-order valence-corrected chi connectivity index (χ0v) is 12.4. The van der Waals surface area contributed by atoms with E-state index in [4.69, 9.17) is 10.5 Å². The Morgan fingerprint density at radius 1 is 1.43 bits per heavy atom. The van der Waals surface area contributed by atoms with Crippen LogP contribution in [0.1, 0.15) is 19.0 Å². The van der Waals surface area contributed by atoms with Crippen LogP contribution in [0.3, 0.4) is 0 Å². The predicted octanol–water partition coefficient (Wildman–Crippen LogP) is 3.61. The third-order valence-electron chi connectivity index (χ3n) is 3.35. The van der Waals surface area contributed by atoms with Crippen LogP contribution in [0.5, 0.6) is 11.6 Å². The van der Waals surface area contributed by atoms with E-state index in [0.29, 0.717) is 12.3 Å². The van der Waals surface area contributed by atoms with Gasteiger partial charge in [0, 0.05) is 24.0 Å². The minimum atomic E-state index is -0.403. The van der Waals surface area contributed by atoms with Crippen molar-refractivity contribution >= 4 is 16.3 Å². The Balaban J connectivity index is 1.99. The van der Waals surface area contributed by atoms with E-state index in [-0.39, 0.29) is 11.8 Å². The highest BCUT2D eigenvalue weighted by Crippen LogP contribution is 2.30. The first kappa shape index (κ1) is 14.0. The highest BCUT2D eigenvalue weighted by molar-refractivity contribution is 7.15. The van der Waals surface area contributed by atoms with Gasteiger partial charge in [-0.1, -0.05) is 19.1 Å². The number of nitrogens with two attached hydrogens (primary N) is 1. The number of rotatable bonds is 5. The molecule has 1 atom stereocenters. The second-order valence-electron chi connectivity index (χ2n) is 4.82. The molecule has 0 bridgehead atoms. The van der Waals surface area contributed by atoms with Gasteiger partial charge in [0.05, 0.1) is 5.69 Å². The van der Waals surface area contributed by atoms with Crippen molar-refractivity contribution in [1.82, 2.24) is 9.38 Å². The van der Waals surface area contributed by atoms with E-state index >= 15 is 0 Å². The zero-order valence-electron chi connectivity index (χ0n) is 11.6. The summed E-state index contributed by atoms with van der Waals surface area (Å²) >= 11 is 1.51. The summed E-state index contributed by atoms with van der Waals surface area (Å²) in [7, 11) is 0. The number of nitrogens with zero attached hydrogens (tertiary/aromatic N) is 2. The quantitative estimate of drug-likeness (QED) is 0.783. The fourth-order valence-electron chi connectivity index (χ4n) is 2.10. The molecule has 0 aliphatic heterocycles. The predicted molar refractivity (Wildman–Crippen MR) is 81.5 cm³/mol. The van der Waals surface area contributed by atoms with Gasteiger partial charge in [0.2, 0.25) is 5.88 Å². The molecule has 0 fully saturated rings. The van der Waals surface area contributed by atoms with Crippen molar-refractivity contribution in [1.29, 1.82) is 0 Å². The summed E-state index contributed by atoms with van der Waals surface area (Å²) in [5, 5.41) is 1.95. The van der Waals surface area contributed by atoms with Crippen molar-refractivity contribution < 1.29 is 9.13 Å². The lowest BCUT2D eigenvalue weighted by Crippen LogP contribution is -2.22. The number of para-hydroxylation sites is 1. The number of hydrogen-bond donors (Lipinski definition) is 1. The van der Waals surface area contributed by atoms with Crippen molar-refractivity contribution in [2.24, 2.45) is 5.73 Å². The number of thiazole rings is 1. The van der Waals surface area contributed by atoms with Gasteiger partial charge in [-0.15, -0.1) is 11.3 Å². The molecule has 3 rings (SSSR count). The number of fused-ring (bicyclic) bond motifs is 1. The molecule has 0 aliphatic carbocycles. The Kier molecular flexibility index (Phi) is 3.90. The molecule has 0 aliphatic rings. The molecule has 2 N–H and O–H groups in total. The van der Waals surface area contributed by atoms with Gasteiger partial charge in [-0.25, -0.2) is 4.39 Å². The molecule has 21 heavy (non-hydrogen) atoms. The summed E-state index contributed by atoms with van der Waals surface area (Å²) in [5.74, 6) is 0.199. The second kappa shape index (κ2) is 5.83. The average Bonchev–Trinajstić information content (AvgIpc) is 3.04. The first-order chi connectivity index (χ1) is 10.2. The lowest BCUT2D eigenvalue weighted by Gasteiger charge is -2.10. The maximum absolute atomic E-state index is 13.7. The van der Waals surface area contributed by atoms with E-state index < -0.39 is 5.82 Å². The van der Waals surface area contributed by atoms with Gasteiger partial charge in [0.15, 0.2) is 16.5 Å². The van der Waals surface area contributed by atoms with Crippen molar-refractivity contribution in [3.8, 4) is 11.6 Å². The summed E-state index contributed by atoms with van der Waals surface area (Å²) in [4.78, 5) is 5.25. The molecule has 1 aromatic carbocycles. The van der Waals surface area contributed by atoms with Crippen molar-refractivity contribution in [3.05, 3.63) is 47.4 Å². The molecule has 0 spiro atoms. The van der Waals surface area contributed by atoms with Crippen molar-refractivity contribution in [2.45, 2.75) is 25.8 Å². The van der Waals surface area contributed by atoms with E-state index in [1.54, 1.807) is 18.2 Å². The number of ether oxygens (including phenoxy) is 1. The van der Waals surface area contributed by atoms with Gasteiger partial charge in [0.1, 0.15) is 0 Å². The summed E-state index contributed by atoms with van der Waals surface area (Å²) in [5.41, 5.74) is 6.93. The molecule has 4 nitrogen and oxygen atoms in total. The molecule has 0 radical (unpaired) electrons. The lowest BCUT2D eigenvalue weighted by molar-refractivity contribution is 0.422. The fraction of sp³-hybridized carbons (Fsp3) is 0.267. The van der Waals surface area contributed by atoms with Crippen LogP contribution in [0.25, 0.3) is 4.96 Å². The van der Waals surface area contributed by atoms with Gasteiger partial charge in [0.25, 0.3) is 0 Å². The van der Waals surface area contributed by atoms with Crippen LogP contribution in [0.2, 0.25) is 0 Å². The Hall–Kier alpha value is -1.92. The van der Waals surface area contributed by atoms with Crippen LogP contribution in [-0.4, -0.2) is 15.4 Å². The number of imidazole rings is 1. The SMILES string of the molecule is CCC(N)Cc1c(Oc2ccccc2F)nc2sccn12. The number of aromatic nitrogens is 2. The molecule has 0 saturated carbocycles. The standard InChI is InChI=1S/C15H16FN3OS/c1-2-10(17)9-12-14(18-15-19(12)7-8-21-15)20-13-6-4-3-5-11(13)16/h3-8,10H,2,9,17H2,1H3. The van der Waals surface area contributed by atoms with Gasteiger partial charge in [-0.3, -0.25) is 4.40 Å². The monoisotopic (exact) mass is 305 g/mol. The average molecular weight is 305 g/mol. The first-order valence-electron chi connectivity index (χ1n) is 6.81. The molecule has 3 aromatic rings. The summed E-state index contributed by atoms with van der Waals surface area (Å²) in [6.45, 7) is 2.04. The normalized spacial score (nSPS) is 12.7. The Morgan fingerprint density at radius 2 is 2.24 bits per heavy atom. The van der Waals surface area contributed by atoms with Crippen LogP contribution in [0, 0.1) is 5.82 Å². The summed E-state index contributed by atoms with van der Waals surface area (Å²) < 4.78 is 21.4. The van der Waals surface area contributed by atoms with Crippen LogP contribution in [0.4, 0.5) is 4.39 Å². The molecule has 6 heteroatoms. The second-order valence-corrected chi connectivity index (χ2v) is 5.70. The molecule has 110 valence electrons. The molecule has 0 amide bonds. The minimum absolute atomic E-state index is 0.0211. The van der Waals surface area contributed by atoms with E-state index in [9.17, 15) is 4.39 Å². The Bertz CT molecular complexity index is 752. The third-order valence-corrected chi connectivity index (χ3v) is 4.10. The molecule has 0 saturated heterocycles. The maximum atomic E-state index is 13.7. The fourth-order valence-corrected chi connectivity index (χ4v) is 2.83. The highest BCUT2D eigenvalue weighted by Gasteiger charge is 2.18. The van der Waals surface area contributed by atoms with Gasteiger partial charge in [-0.05, 0) is 18.6 Å². The van der Waals surface area contributed by atoms with E-state index in [0.717, 1.165) is 17.1 Å². The lowest BCUT2D eigenvalue weighted by atomic mass is 10.1. The number of hydrogen-bond acceptors (Lipinski definition) is 4.